The van der Waals surface area contributed by atoms with Crippen LogP contribution in [0, 0.1) is 5.92 Å². The Morgan fingerprint density at radius 2 is 2.00 bits per heavy atom. The second kappa shape index (κ2) is 8.21. The number of nitrogens with zero attached hydrogens (tertiary/aromatic N) is 1. The van der Waals surface area contributed by atoms with Crippen molar-refractivity contribution in [2.24, 2.45) is 11.7 Å². The maximum atomic E-state index is 12.2. The first-order valence-corrected chi connectivity index (χ1v) is 7.33. The summed E-state index contributed by atoms with van der Waals surface area (Å²) in [6.45, 7) is 5.53. The van der Waals surface area contributed by atoms with E-state index in [1.807, 2.05) is 13.8 Å². The molecule has 0 aromatic rings. The predicted molar refractivity (Wildman–Crippen MR) is 75.2 cm³/mol. The van der Waals surface area contributed by atoms with E-state index in [1.54, 1.807) is 4.90 Å². The molecule has 1 heterocycles. The molecule has 1 fully saturated rings. The van der Waals surface area contributed by atoms with Crippen LogP contribution in [-0.2, 0) is 14.3 Å². The first-order valence-electron chi connectivity index (χ1n) is 7.33. The van der Waals surface area contributed by atoms with Gasteiger partial charge in [-0.1, -0.05) is 20.3 Å². The maximum absolute atomic E-state index is 12.2. The molecule has 0 saturated carbocycles. The molecule has 20 heavy (non-hydrogen) atoms. The summed E-state index contributed by atoms with van der Waals surface area (Å²) in [5.41, 5.74) is 5.96. The zero-order valence-electron chi connectivity index (χ0n) is 12.4. The van der Waals surface area contributed by atoms with Gasteiger partial charge in [-0.05, 0) is 18.8 Å². The molecular weight excluding hydrogens is 260 g/mol. The van der Waals surface area contributed by atoms with Crippen molar-refractivity contribution in [3.05, 3.63) is 0 Å². The van der Waals surface area contributed by atoms with Gasteiger partial charge in [-0.15, -0.1) is 0 Å². The third kappa shape index (κ3) is 5.09. The number of hydrogen-bond acceptors (Lipinski definition) is 4. The highest BCUT2D eigenvalue weighted by molar-refractivity contribution is 5.82. The van der Waals surface area contributed by atoms with Crippen LogP contribution in [0.5, 0.6) is 0 Å². The van der Waals surface area contributed by atoms with E-state index in [-0.39, 0.29) is 31.0 Å². The summed E-state index contributed by atoms with van der Waals surface area (Å²) in [6, 6.07) is -0.426. The summed E-state index contributed by atoms with van der Waals surface area (Å²) in [7, 11) is 0. The molecular formula is C14H26N2O4. The fourth-order valence-electron chi connectivity index (χ4n) is 2.26. The molecule has 1 rings (SSSR count). The third-order valence-electron chi connectivity index (χ3n) is 3.97. The Labute approximate surface area is 120 Å². The zero-order valence-corrected chi connectivity index (χ0v) is 12.4. The number of carbonyl (C=O) groups is 2. The van der Waals surface area contributed by atoms with Crippen LogP contribution in [0.15, 0.2) is 0 Å². The molecule has 0 spiro atoms. The quantitative estimate of drug-likeness (QED) is 0.723. The van der Waals surface area contributed by atoms with Crippen LogP contribution in [0.2, 0.25) is 0 Å². The number of carboxylic acid groups (broad SMARTS) is 1. The van der Waals surface area contributed by atoms with Gasteiger partial charge < -0.3 is 20.5 Å². The van der Waals surface area contributed by atoms with Crippen LogP contribution in [0.3, 0.4) is 0 Å². The largest absolute Gasteiger partial charge is 0.481 e. The molecule has 1 saturated heterocycles. The SMILES string of the molecule is CCC(C)[C@H](N)C(=O)N1CCC(OCCC(=O)O)CC1. The minimum Gasteiger partial charge on any atom is -0.481 e. The number of carbonyl (C=O) groups excluding carboxylic acids is 1. The monoisotopic (exact) mass is 286 g/mol. The summed E-state index contributed by atoms with van der Waals surface area (Å²) in [5, 5.41) is 8.55. The van der Waals surface area contributed by atoms with Crippen molar-refractivity contribution < 1.29 is 19.4 Å². The van der Waals surface area contributed by atoms with Gasteiger partial charge in [0.15, 0.2) is 0 Å². The molecule has 1 aliphatic heterocycles. The summed E-state index contributed by atoms with van der Waals surface area (Å²) in [5.74, 6) is -0.646. The van der Waals surface area contributed by atoms with Crippen LogP contribution in [-0.4, -0.2) is 53.7 Å². The van der Waals surface area contributed by atoms with Crippen LogP contribution >= 0.6 is 0 Å². The van der Waals surface area contributed by atoms with Crippen molar-refractivity contribution in [2.45, 2.75) is 51.7 Å². The van der Waals surface area contributed by atoms with Gasteiger partial charge in [-0.2, -0.15) is 0 Å². The highest BCUT2D eigenvalue weighted by Crippen LogP contribution is 2.17. The number of hydrogen-bond donors (Lipinski definition) is 2. The Kier molecular flexibility index (Phi) is 6.95. The van der Waals surface area contributed by atoms with Crippen LogP contribution in [0.1, 0.15) is 39.5 Å². The number of amides is 1. The molecule has 6 heteroatoms. The molecule has 0 aromatic carbocycles. The summed E-state index contributed by atoms with van der Waals surface area (Å²) in [6.07, 6.45) is 2.47. The number of ether oxygens (including phenoxy) is 1. The molecule has 2 atom stereocenters. The van der Waals surface area contributed by atoms with Crippen molar-refractivity contribution in [3.63, 3.8) is 0 Å². The molecule has 0 radical (unpaired) electrons. The van der Waals surface area contributed by atoms with Gasteiger partial charge in [-0.3, -0.25) is 9.59 Å². The Balaban J connectivity index is 2.31. The van der Waals surface area contributed by atoms with Crippen molar-refractivity contribution in [1.82, 2.24) is 4.90 Å². The number of aliphatic carboxylic acids is 1. The van der Waals surface area contributed by atoms with Crippen LogP contribution in [0.25, 0.3) is 0 Å². The van der Waals surface area contributed by atoms with Crippen LogP contribution in [0.4, 0.5) is 0 Å². The molecule has 0 aromatic heterocycles. The Hall–Kier alpha value is -1.14. The molecule has 3 N–H and O–H groups in total. The molecule has 1 aliphatic rings. The fourth-order valence-corrected chi connectivity index (χ4v) is 2.26. The lowest BCUT2D eigenvalue weighted by Gasteiger charge is -2.34. The van der Waals surface area contributed by atoms with E-state index >= 15 is 0 Å². The van der Waals surface area contributed by atoms with Crippen molar-refractivity contribution in [1.29, 1.82) is 0 Å². The van der Waals surface area contributed by atoms with E-state index in [4.69, 9.17) is 15.6 Å². The molecule has 0 aliphatic carbocycles. The maximum Gasteiger partial charge on any atom is 0.305 e. The van der Waals surface area contributed by atoms with Crippen molar-refractivity contribution >= 4 is 11.9 Å². The fraction of sp³-hybridized carbons (Fsp3) is 0.857. The summed E-state index contributed by atoms with van der Waals surface area (Å²) < 4.78 is 5.50. The highest BCUT2D eigenvalue weighted by Gasteiger charge is 2.28. The van der Waals surface area contributed by atoms with Gasteiger partial charge >= 0.3 is 5.97 Å². The van der Waals surface area contributed by atoms with Crippen LogP contribution < -0.4 is 5.73 Å². The number of nitrogens with two attached hydrogens (primary N) is 1. The number of carboxylic acids is 1. The lowest BCUT2D eigenvalue weighted by molar-refractivity contribution is -0.139. The smallest absolute Gasteiger partial charge is 0.305 e. The molecule has 6 nitrogen and oxygen atoms in total. The van der Waals surface area contributed by atoms with Crippen molar-refractivity contribution in [2.75, 3.05) is 19.7 Å². The Morgan fingerprint density at radius 3 is 2.50 bits per heavy atom. The average Bonchev–Trinajstić information content (AvgIpc) is 2.45. The normalized spacial score (nSPS) is 19.6. The van der Waals surface area contributed by atoms with Gasteiger partial charge in [-0.25, -0.2) is 0 Å². The topological polar surface area (TPSA) is 92.9 Å². The first kappa shape index (κ1) is 16.9. The van der Waals surface area contributed by atoms with Gasteiger partial charge in [0.05, 0.1) is 25.2 Å². The minimum atomic E-state index is -0.850. The summed E-state index contributed by atoms with van der Waals surface area (Å²) in [4.78, 5) is 24.4. The second-order valence-electron chi connectivity index (χ2n) is 5.45. The first-order chi connectivity index (χ1) is 9.45. The summed E-state index contributed by atoms with van der Waals surface area (Å²) >= 11 is 0. The van der Waals surface area contributed by atoms with Gasteiger partial charge in [0.25, 0.3) is 0 Å². The number of piperidine rings is 1. The van der Waals surface area contributed by atoms with E-state index in [2.05, 4.69) is 0 Å². The molecule has 1 amide bonds. The van der Waals surface area contributed by atoms with E-state index in [0.717, 1.165) is 19.3 Å². The minimum absolute atomic E-state index is 0.0170. The van der Waals surface area contributed by atoms with Gasteiger partial charge in [0.1, 0.15) is 0 Å². The third-order valence-corrected chi connectivity index (χ3v) is 3.97. The van der Waals surface area contributed by atoms with E-state index in [1.165, 1.54) is 0 Å². The zero-order chi connectivity index (χ0) is 15.1. The number of likely N-dealkylation sites (tertiary alicyclic amines) is 1. The molecule has 116 valence electrons. The Morgan fingerprint density at radius 1 is 1.40 bits per heavy atom. The van der Waals surface area contributed by atoms with Gasteiger partial charge in [0.2, 0.25) is 5.91 Å². The number of rotatable bonds is 7. The predicted octanol–water partition coefficient (Wildman–Crippen LogP) is 0.842. The van der Waals surface area contributed by atoms with E-state index in [9.17, 15) is 9.59 Å². The Bertz CT molecular complexity index is 327. The second-order valence-corrected chi connectivity index (χ2v) is 5.45. The molecule has 0 bridgehead atoms. The van der Waals surface area contributed by atoms with Gasteiger partial charge in [0, 0.05) is 13.1 Å². The standard InChI is InChI=1S/C14H26N2O4/c1-3-10(2)13(15)14(19)16-7-4-11(5-8-16)20-9-6-12(17)18/h10-11,13H,3-9,15H2,1-2H3,(H,17,18)/t10?,13-/m0/s1. The van der Waals surface area contributed by atoms with E-state index < -0.39 is 12.0 Å². The van der Waals surface area contributed by atoms with Crippen molar-refractivity contribution in [3.8, 4) is 0 Å². The molecule has 1 unspecified atom stereocenters. The highest BCUT2D eigenvalue weighted by atomic mass is 16.5. The van der Waals surface area contributed by atoms with E-state index in [0.29, 0.717) is 13.1 Å². The lowest BCUT2D eigenvalue weighted by Crippen LogP contribution is -2.50. The lowest BCUT2D eigenvalue weighted by atomic mass is 9.97. The average molecular weight is 286 g/mol.